The molecule has 1 fully saturated rings. The number of likely N-dealkylation sites (N-methyl/N-ethyl adjacent to an activating group) is 1. The highest BCUT2D eigenvalue weighted by atomic mass is 32.2. The minimum Gasteiger partial charge on any atom is -0.468 e. The highest BCUT2D eigenvalue weighted by molar-refractivity contribution is 7.89. The highest BCUT2D eigenvalue weighted by Crippen LogP contribution is 2.10. The maximum atomic E-state index is 11.9. The van der Waals surface area contributed by atoms with Crippen LogP contribution in [0.4, 0.5) is 0 Å². The molecule has 0 bridgehead atoms. The number of hydrogen-bond acceptors (Lipinski definition) is 6. The Morgan fingerprint density at radius 2 is 2.29 bits per heavy atom. The quantitative estimate of drug-likeness (QED) is 0.604. The molecule has 0 radical (unpaired) electrons. The van der Waals surface area contributed by atoms with Crippen molar-refractivity contribution in [2.75, 3.05) is 46.2 Å². The van der Waals surface area contributed by atoms with Gasteiger partial charge in [0.05, 0.1) is 19.8 Å². The normalized spacial score (nSPS) is 22.4. The lowest BCUT2D eigenvalue weighted by molar-refractivity contribution is -0.137. The maximum Gasteiger partial charge on any atom is 0.322 e. The molecule has 0 aromatic rings. The second-order valence-electron chi connectivity index (χ2n) is 3.74. The number of esters is 1. The molecular weight excluding hydrogens is 248 g/mol. The molecule has 100 valence electrons. The van der Waals surface area contributed by atoms with Gasteiger partial charge in [-0.25, -0.2) is 8.42 Å². The van der Waals surface area contributed by atoms with E-state index in [1.807, 2.05) is 0 Å². The fourth-order valence-electron chi connectivity index (χ4n) is 1.60. The van der Waals surface area contributed by atoms with Gasteiger partial charge in [-0.1, -0.05) is 0 Å². The van der Waals surface area contributed by atoms with E-state index in [4.69, 9.17) is 4.74 Å². The third kappa shape index (κ3) is 4.23. The third-order valence-electron chi connectivity index (χ3n) is 2.45. The van der Waals surface area contributed by atoms with Crippen molar-refractivity contribution in [2.45, 2.75) is 6.10 Å². The molecule has 1 saturated heterocycles. The van der Waals surface area contributed by atoms with Crippen LogP contribution < -0.4 is 5.32 Å². The fourth-order valence-corrected chi connectivity index (χ4v) is 2.94. The Kier molecular flexibility index (Phi) is 5.31. The summed E-state index contributed by atoms with van der Waals surface area (Å²) in [6.07, 6.45) is -0.179. The Bertz CT molecular complexity index is 354. The van der Waals surface area contributed by atoms with Crippen molar-refractivity contribution in [2.24, 2.45) is 0 Å². The first-order valence-electron chi connectivity index (χ1n) is 5.30. The lowest BCUT2D eigenvalue weighted by atomic mass is 10.3. The van der Waals surface area contributed by atoms with Gasteiger partial charge >= 0.3 is 5.97 Å². The first-order valence-corrected chi connectivity index (χ1v) is 6.91. The first kappa shape index (κ1) is 14.4. The van der Waals surface area contributed by atoms with Gasteiger partial charge < -0.3 is 14.8 Å². The smallest absolute Gasteiger partial charge is 0.322 e. The van der Waals surface area contributed by atoms with Gasteiger partial charge in [0.2, 0.25) is 10.0 Å². The molecule has 1 unspecified atom stereocenters. The van der Waals surface area contributed by atoms with E-state index < -0.39 is 21.7 Å². The molecule has 0 spiro atoms. The predicted octanol–water partition coefficient (Wildman–Crippen LogP) is -1.59. The van der Waals surface area contributed by atoms with Gasteiger partial charge in [-0.3, -0.25) is 4.79 Å². The van der Waals surface area contributed by atoms with Crippen molar-refractivity contribution >= 4 is 16.0 Å². The zero-order valence-electron chi connectivity index (χ0n) is 10.0. The third-order valence-corrected chi connectivity index (χ3v) is 4.17. The van der Waals surface area contributed by atoms with Crippen molar-refractivity contribution in [3.8, 4) is 0 Å². The van der Waals surface area contributed by atoms with Crippen LogP contribution in [0.1, 0.15) is 0 Å². The molecule has 1 rings (SSSR count). The van der Waals surface area contributed by atoms with Gasteiger partial charge in [0.25, 0.3) is 0 Å². The highest BCUT2D eigenvalue weighted by Gasteiger charge is 2.31. The summed E-state index contributed by atoms with van der Waals surface area (Å²) >= 11 is 0. The van der Waals surface area contributed by atoms with E-state index >= 15 is 0 Å². The first-order chi connectivity index (χ1) is 7.99. The lowest BCUT2D eigenvalue weighted by Gasteiger charge is -2.31. The average Bonchev–Trinajstić information content (AvgIpc) is 2.29. The van der Waals surface area contributed by atoms with E-state index in [9.17, 15) is 13.2 Å². The van der Waals surface area contributed by atoms with Gasteiger partial charge in [0, 0.05) is 19.6 Å². The van der Waals surface area contributed by atoms with Crippen molar-refractivity contribution in [3.63, 3.8) is 0 Å². The predicted molar refractivity (Wildman–Crippen MR) is 61.0 cm³/mol. The number of morpholine rings is 1. The Morgan fingerprint density at radius 3 is 2.88 bits per heavy atom. The van der Waals surface area contributed by atoms with Crippen LogP contribution in [-0.2, 0) is 24.3 Å². The van der Waals surface area contributed by atoms with Crippen LogP contribution >= 0.6 is 0 Å². The number of carbonyl (C=O) groups excluding carboxylic acids is 1. The van der Waals surface area contributed by atoms with Crippen LogP contribution in [0, 0.1) is 0 Å². The maximum absolute atomic E-state index is 11.9. The minimum atomic E-state index is -3.59. The van der Waals surface area contributed by atoms with Gasteiger partial charge in [-0.15, -0.1) is 0 Å². The minimum absolute atomic E-state index is 0.179. The summed E-state index contributed by atoms with van der Waals surface area (Å²) in [6, 6.07) is 0. The van der Waals surface area contributed by atoms with E-state index in [2.05, 4.69) is 10.1 Å². The zero-order chi connectivity index (χ0) is 12.9. The Morgan fingerprint density at radius 1 is 1.59 bits per heavy atom. The number of nitrogens with one attached hydrogen (secondary N) is 1. The number of hydrogen-bond donors (Lipinski definition) is 1. The molecule has 1 N–H and O–H groups in total. The monoisotopic (exact) mass is 266 g/mol. The average molecular weight is 266 g/mol. The lowest BCUT2D eigenvalue weighted by Crippen LogP contribution is -2.49. The molecule has 7 nitrogen and oxygen atoms in total. The molecule has 1 aliphatic rings. The van der Waals surface area contributed by atoms with Crippen LogP contribution in [0.3, 0.4) is 0 Å². The molecule has 0 amide bonds. The van der Waals surface area contributed by atoms with Crippen LogP contribution in [0.2, 0.25) is 0 Å². The molecule has 8 heteroatoms. The van der Waals surface area contributed by atoms with Crippen LogP contribution in [0.15, 0.2) is 0 Å². The number of carbonyl (C=O) groups is 1. The molecule has 1 heterocycles. The Labute approximate surface area is 101 Å². The number of nitrogens with zero attached hydrogens (tertiary/aromatic N) is 1. The van der Waals surface area contributed by atoms with Crippen molar-refractivity contribution in [3.05, 3.63) is 0 Å². The molecule has 1 aliphatic heterocycles. The number of ether oxygens (including phenoxy) is 2. The number of rotatable bonds is 5. The molecular formula is C9H18N2O5S. The van der Waals surface area contributed by atoms with Crippen molar-refractivity contribution < 1.29 is 22.7 Å². The van der Waals surface area contributed by atoms with E-state index in [1.165, 1.54) is 11.4 Å². The summed E-state index contributed by atoms with van der Waals surface area (Å²) in [7, 11) is -0.658. The van der Waals surface area contributed by atoms with Gasteiger partial charge in [-0.2, -0.15) is 4.31 Å². The summed E-state index contributed by atoms with van der Waals surface area (Å²) in [5.74, 6) is -1.36. The standard InChI is InChI=1S/C9H18N2O5S/c1-10-5-8-6-11(3-4-16-8)17(13,14)7-9(12)15-2/h8,10H,3-7H2,1-2H3. The van der Waals surface area contributed by atoms with Crippen molar-refractivity contribution in [1.29, 1.82) is 0 Å². The van der Waals surface area contributed by atoms with Crippen LogP contribution in [0.5, 0.6) is 0 Å². The van der Waals surface area contributed by atoms with Crippen LogP contribution in [0.25, 0.3) is 0 Å². The largest absolute Gasteiger partial charge is 0.468 e. The Hall–Kier alpha value is -0.700. The second-order valence-corrected chi connectivity index (χ2v) is 5.71. The fraction of sp³-hybridized carbons (Fsp3) is 0.889. The SMILES string of the molecule is CNCC1CN(S(=O)(=O)CC(=O)OC)CCO1. The van der Waals surface area contributed by atoms with Gasteiger partial charge in [0.1, 0.15) is 0 Å². The zero-order valence-corrected chi connectivity index (χ0v) is 10.8. The van der Waals surface area contributed by atoms with E-state index in [0.717, 1.165) is 0 Å². The number of sulfonamides is 1. The molecule has 0 saturated carbocycles. The topological polar surface area (TPSA) is 84.9 Å². The molecule has 17 heavy (non-hydrogen) atoms. The van der Waals surface area contributed by atoms with Crippen molar-refractivity contribution in [1.82, 2.24) is 9.62 Å². The number of methoxy groups -OCH3 is 1. The van der Waals surface area contributed by atoms with Gasteiger partial charge in [-0.05, 0) is 7.05 Å². The van der Waals surface area contributed by atoms with E-state index in [-0.39, 0.29) is 19.2 Å². The van der Waals surface area contributed by atoms with Crippen LogP contribution in [-0.4, -0.2) is 70.9 Å². The van der Waals surface area contributed by atoms with E-state index in [1.54, 1.807) is 7.05 Å². The summed E-state index contributed by atoms with van der Waals surface area (Å²) < 4.78 is 34.7. The summed E-state index contributed by atoms with van der Waals surface area (Å²) in [5, 5.41) is 2.92. The molecule has 0 aromatic heterocycles. The summed E-state index contributed by atoms with van der Waals surface area (Å²) in [5.41, 5.74) is 0. The summed E-state index contributed by atoms with van der Waals surface area (Å²) in [4.78, 5) is 11.0. The second kappa shape index (κ2) is 6.29. The molecule has 0 aromatic carbocycles. The Balaban J connectivity index is 2.61. The molecule has 0 aliphatic carbocycles. The van der Waals surface area contributed by atoms with Gasteiger partial charge in [0.15, 0.2) is 5.75 Å². The van der Waals surface area contributed by atoms with E-state index in [0.29, 0.717) is 13.2 Å². The summed E-state index contributed by atoms with van der Waals surface area (Å²) in [6.45, 7) is 1.46. The molecule has 1 atom stereocenters.